The Morgan fingerprint density at radius 2 is 1.96 bits per heavy atom. The smallest absolute Gasteiger partial charge is 0.272 e. The van der Waals surface area contributed by atoms with Crippen molar-refractivity contribution in [3.63, 3.8) is 0 Å². The first-order chi connectivity index (χ1) is 12.9. The van der Waals surface area contributed by atoms with Gasteiger partial charge in [0.15, 0.2) is 0 Å². The number of hydrogen-bond donors (Lipinski definition) is 3. The summed E-state index contributed by atoms with van der Waals surface area (Å²) in [5.41, 5.74) is 0.821. The summed E-state index contributed by atoms with van der Waals surface area (Å²) in [7, 11) is -3.76. The average Bonchev–Trinajstić information content (AvgIpc) is 3.38. The van der Waals surface area contributed by atoms with E-state index < -0.39 is 22.0 Å². The van der Waals surface area contributed by atoms with Gasteiger partial charge in [-0.15, -0.1) is 0 Å². The van der Waals surface area contributed by atoms with Crippen LogP contribution in [0.25, 0.3) is 0 Å². The number of aromatic amines is 1. The van der Waals surface area contributed by atoms with Gasteiger partial charge in [0.1, 0.15) is 10.6 Å². The van der Waals surface area contributed by atoms with E-state index in [1.54, 1.807) is 12.1 Å². The van der Waals surface area contributed by atoms with Crippen molar-refractivity contribution in [1.82, 2.24) is 9.29 Å². The van der Waals surface area contributed by atoms with Gasteiger partial charge < -0.3 is 15.4 Å². The second-order valence-electron chi connectivity index (χ2n) is 7.78. The van der Waals surface area contributed by atoms with Crippen LogP contribution in [0, 0.1) is 17.8 Å². The molecule has 1 aromatic heterocycles. The molecule has 0 unspecified atom stereocenters. The molecule has 2 aliphatic carbocycles. The summed E-state index contributed by atoms with van der Waals surface area (Å²) in [4.78, 5) is 15.2. The molecule has 3 fully saturated rings. The van der Waals surface area contributed by atoms with Gasteiger partial charge in [-0.2, -0.15) is 4.31 Å². The van der Waals surface area contributed by atoms with Crippen molar-refractivity contribution >= 4 is 21.6 Å². The zero-order chi connectivity index (χ0) is 18.8. The zero-order valence-electron chi connectivity index (χ0n) is 14.6. The van der Waals surface area contributed by atoms with Gasteiger partial charge >= 0.3 is 0 Å². The molecule has 2 heterocycles. The molecule has 142 valence electrons. The first-order valence-electron chi connectivity index (χ1n) is 9.20. The fourth-order valence-electron chi connectivity index (χ4n) is 5.15. The molecule has 1 aromatic carbocycles. The number of nitrogens with one attached hydrogen (secondary N) is 2. The second kappa shape index (κ2) is 5.92. The quantitative estimate of drug-likeness (QED) is 0.742. The van der Waals surface area contributed by atoms with Gasteiger partial charge in [-0.3, -0.25) is 4.79 Å². The van der Waals surface area contributed by atoms with E-state index in [2.05, 4.69) is 10.3 Å². The lowest BCUT2D eigenvalue weighted by molar-refractivity contribution is 0.0731. The minimum absolute atomic E-state index is 0.0673. The van der Waals surface area contributed by atoms with Crippen LogP contribution in [0.3, 0.4) is 0 Å². The SMILES string of the molecule is O=C(Nc1ccccc1)c1cc(S(=O)(=O)N2C[C@@H]3C[C@H]4C[C@H]3[C@@H]2[C@H]4O)c[nH]1. The molecule has 5 atom stereocenters. The van der Waals surface area contributed by atoms with Crippen LogP contribution in [-0.2, 0) is 10.0 Å². The number of benzene rings is 1. The summed E-state index contributed by atoms with van der Waals surface area (Å²) < 4.78 is 27.7. The highest BCUT2D eigenvalue weighted by atomic mass is 32.2. The first-order valence-corrected chi connectivity index (χ1v) is 10.6. The number of fused-ring (bicyclic) bond motifs is 1. The molecule has 5 rings (SSSR count). The Bertz CT molecular complexity index is 985. The number of anilines is 1. The molecule has 3 aliphatic rings. The third kappa shape index (κ3) is 2.55. The Morgan fingerprint density at radius 1 is 1.19 bits per heavy atom. The number of para-hydroxylation sites is 1. The number of aromatic nitrogens is 1. The van der Waals surface area contributed by atoms with E-state index in [9.17, 15) is 18.3 Å². The third-order valence-corrected chi connectivity index (χ3v) is 8.19. The molecule has 2 bridgehead atoms. The van der Waals surface area contributed by atoms with Crippen LogP contribution in [0.15, 0.2) is 47.5 Å². The number of H-pyrrole nitrogens is 1. The van der Waals surface area contributed by atoms with Gasteiger partial charge in [0.2, 0.25) is 10.0 Å². The number of carbonyl (C=O) groups is 1. The minimum atomic E-state index is -3.76. The summed E-state index contributed by atoms with van der Waals surface area (Å²) in [6, 6.07) is 10.0. The summed E-state index contributed by atoms with van der Waals surface area (Å²) in [6.07, 6.45) is 2.60. The molecule has 0 spiro atoms. The van der Waals surface area contributed by atoms with Crippen molar-refractivity contribution in [3.8, 4) is 0 Å². The molecule has 2 aromatic rings. The predicted octanol–water partition coefficient (Wildman–Crippen LogP) is 1.66. The first kappa shape index (κ1) is 17.0. The average molecular weight is 387 g/mol. The lowest BCUT2D eigenvalue weighted by Gasteiger charge is -2.28. The molecule has 0 radical (unpaired) electrons. The Labute approximate surface area is 157 Å². The Balaban J connectivity index is 1.38. The minimum Gasteiger partial charge on any atom is -0.391 e. The largest absolute Gasteiger partial charge is 0.391 e. The number of nitrogens with zero attached hydrogens (tertiary/aromatic N) is 1. The van der Waals surface area contributed by atoms with Crippen molar-refractivity contribution in [3.05, 3.63) is 48.3 Å². The van der Waals surface area contributed by atoms with E-state index in [0.717, 1.165) is 12.8 Å². The van der Waals surface area contributed by atoms with E-state index >= 15 is 0 Å². The highest BCUT2D eigenvalue weighted by Gasteiger charge is 2.61. The van der Waals surface area contributed by atoms with Crippen LogP contribution in [0.5, 0.6) is 0 Å². The number of hydrogen-bond acceptors (Lipinski definition) is 4. The summed E-state index contributed by atoms with van der Waals surface area (Å²) >= 11 is 0. The molecule has 1 saturated heterocycles. The highest BCUT2D eigenvalue weighted by molar-refractivity contribution is 7.89. The lowest BCUT2D eigenvalue weighted by atomic mass is 9.88. The van der Waals surface area contributed by atoms with Crippen molar-refractivity contribution in [2.75, 3.05) is 11.9 Å². The van der Waals surface area contributed by atoms with E-state index in [1.165, 1.54) is 16.6 Å². The standard InChI is InChI=1S/C19H21N3O4S/c23-18-11-6-12-10-22(17(18)15(12)7-11)27(25,26)14-8-16(20-9-14)19(24)21-13-4-2-1-3-5-13/h1-5,8-9,11-12,15,17-18,20,23H,6-7,10H2,(H,21,24)/t11-,12-,15+,17+,18-/m0/s1. The molecule has 1 amide bonds. The summed E-state index contributed by atoms with van der Waals surface area (Å²) in [6.45, 7) is 0.460. The van der Waals surface area contributed by atoms with Crippen LogP contribution in [-0.4, -0.2) is 47.4 Å². The van der Waals surface area contributed by atoms with Gasteiger partial charge in [0.05, 0.1) is 12.1 Å². The molecule has 3 N–H and O–H groups in total. The van der Waals surface area contributed by atoms with E-state index in [1.807, 2.05) is 18.2 Å². The van der Waals surface area contributed by atoms with Crippen molar-refractivity contribution in [1.29, 1.82) is 0 Å². The second-order valence-corrected chi connectivity index (χ2v) is 9.67. The van der Waals surface area contributed by atoms with Gasteiger partial charge in [0, 0.05) is 18.4 Å². The van der Waals surface area contributed by atoms with Gasteiger partial charge in [-0.25, -0.2) is 8.42 Å². The Kier molecular flexibility index (Phi) is 3.72. The predicted molar refractivity (Wildman–Crippen MR) is 98.6 cm³/mol. The van der Waals surface area contributed by atoms with Crippen LogP contribution in [0.4, 0.5) is 5.69 Å². The molecule has 1 aliphatic heterocycles. The number of carbonyl (C=O) groups excluding carboxylic acids is 1. The normalized spacial score (nSPS) is 32.1. The monoisotopic (exact) mass is 387 g/mol. The van der Waals surface area contributed by atoms with E-state index in [0.29, 0.717) is 18.2 Å². The van der Waals surface area contributed by atoms with Crippen LogP contribution in [0.1, 0.15) is 23.3 Å². The molecule has 7 nitrogen and oxygen atoms in total. The fraction of sp³-hybridized carbons (Fsp3) is 0.421. The molecule has 27 heavy (non-hydrogen) atoms. The number of amides is 1. The topological polar surface area (TPSA) is 102 Å². The van der Waals surface area contributed by atoms with E-state index in [-0.39, 0.29) is 28.5 Å². The van der Waals surface area contributed by atoms with Crippen LogP contribution in [0.2, 0.25) is 0 Å². The van der Waals surface area contributed by atoms with Gasteiger partial charge in [-0.05, 0) is 48.8 Å². The molecular weight excluding hydrogens is 366 g/mol. The molecule has 2 saturated carbocycles. The van der Waals surface area contributed by atoms with E-state index in [4.69, 9.17) is 0 Å². The number of sulfonamides is 1. The maximum Gasteiger partial charge on any atom is 0.272 e. The third-order valence-electron chi connectivity index (χ3n) is 6.34. The number of rotatable bonds is 4. The number of aliphatic hydroxyl groups is 1. The zero-order valence-corrected chi connectivity index (χ0v) is 15.4. The van der Waals surface area contributed by atoms with Crippen LogP contribution >= 0.6 is 0 Å². The summed E-state index contributed by atoms with van der Waals surface area (Å²) in [5.74, 6) is 0.436. The molecular formula is C19H21N3O4S. The number of aliphatic hydroxyl groups excluding tert-OH is 1. The maximum absolute atomic E-state index is 13.1. The van der Waals surface area contributed by atoms with Crippen LogP contribution < -0.4 is 5.32 Å². The maximum atomic E-state index is 13.1. The van der Waals surface area contributed by atoms with Crippen molar-refractivity contribution < 1.29 is 18.3 Å². The van der Waals surface area contributed by atoms with Gasteiger partial charge in [-0.1, -0.05) is 18.2 Å². The van der Waals surface area contributed by atoms with Gasteiger partial charge in [0.25, 0.3) is 5.91 Å². The van der Waals surface area contributed by atoms with Crippen molar-refractivity contribution in [2.24, 2.45) is 17.8 Å². The fourth-order valence-corrected chi connectivity index (χ4v) is 6.88. The highest BCUT2D eigenvalue weighted by Crippen LogP contribution is 2.56. The summed E-state index contributed by atoms with van der Waals surface area (Å²) in [5, 5.41) is 13.2. The Morgan fingerprint density at radius 3 is 2.70 bits per heavy atom. The Hall–Kier alpha value is -2.16. The molecule has 8 heteroatoms. The van der Waals surface area contributed by atoms with Crippen molar-refractivity contribution in [2.45, 2.75) is 29.9 Å². The lowest BCUT2D eigenvalue weighted by Crippen LogP contribution is -2.43.